The normalized spacial score (nSPS) is 22.7. The molecule has 2 spiro atoms. The van der Waals surface area contributed by atoms with Gasteiger partial charge >= 0.3 is 0 Å². The van der Waals surface area contributed by atoms with Crippen molar-refractivity contribution in [1.29, 1.82) is 0 Å². The fourth-order valence-corrected chi connectivity index (χ4v) is 15.3. The topological polar surface area (TPSA) is 115 Å². The van der Waals surface area contributed by atoms with Crippen LogP contribution < -0.4 is 29.9 Å². The van der Waals surface area contributed by atoms with E-state index in [1.54, 1.807) is 12.0 Å². The zero-order valence-corrected chi connectivity index (χ0v) is 38.3. The summed E-state index contributed by atoms with van der Waals surface area (Å²) in [5.41, 5.74) is 3.16. The first-order valence-corrected chi connectivity index (χ1v) is 25.7. The highest BCUT2D eigenvalue weighted by Gasteiger charge is 2.66. The molecule has 0 saturated carbocycles. The molecule has 9 rings (SSSR count). The van der Waals surface area contributed by atoms with Gasteiger partial charge in [0.1, 0.15) is 11.3 Å². The van der Waals surface area contributed by atoms with Gasteiger partial charge in [0.15, 0.2) is 5.60 Å². The van der Waals surface area contributed by atoms with Crippen molar-refractivity contribution in [3.63, 3.8) is 0 Å². The lowest BCUT2D eigenvalue weighted by molar-refractivity contribution is -0.150. The Morgan fingerprint density at radius 1 is 0.844 bits per heavy atom. The molecular formula is C52H59N5O6Si. The van der Waals surface area contributed by atoms with E-state index in [4.69, 9.17) is 9.47 Å². The van der Waals surface area contributed by atoms with Gasteiger partial charge in [0.2, 0.25) is 5.91 Å². The number of fused-ring (bicyclic) bond motifs is 2. The molecule has 11 nitrogen and oxygen atoms in total. The second-order valence-electron chi connectivity index (χ2n) is 18.4. The second kappa shape index (κ2) is 17.6. The summed E-state index contributed by atoms with van der Waals surface area (Å²) in [4.78, 5) is 52.4. The molecule has 0 unspecified atom stereocenters. The number of methoxy groups -OCH3 is 1. The Kier molecular flexibility index (Phi) is 12.0. The average molecular weight is 878 g/mol. The minimum Gasteiger partial charge on any atom is -0.497 e. The van der Waals surface area contributed by atoms with Crippen LogP contribution in [0.1, 0.15) is 42.9 Å². The number of aliphatic hydroxyl groups excluding tert-OH is 1. The molecule has 3 fully saturated rings. The zero-order valence-electron chi connectivity index (χ0n) is 37.3. The Morgan fingerprint density at radius 2 is 1.50 bits per heavy atom. The number of para-hydroxylation sites is 2. The van der Waals surface area contributed by atoms with E-state index in [2.05, 4.69) is 54.5 Å². The van der Waals surface area contributed by atoms with E-state index >= 15 is 4.79 Å². The predicted octanol–water partition coefficient (Wildman–Crippen LogP) is 6.80. The van der Waals surface area contributed by atoms with E-state index in [9.17, 15) is 14.7 Å². The molecule has 0 aliphatic carbocycles. The summed E-state index contributed by atoms with van der Waals surface area (Å²) in [5, 5.41) is 14.7. The molecule has 0 aromatic heterocycles. The van der Waals surface area contributed by atoms with Gasteiger partial charge in [-0.25, -0.2) is 0 Å². The molecule has 0 bridgehead atoms. The first kappa shape index (κ1) is 43.5. The molecule has 0 radical (unpaired) electrons. The first-order chi connectivity index (χ1) is 31.0. The number of benzene rings is 5. The van der Waals surface area contributed by atoms with Gasteiger partial charge in [-0.05, 0) is 85.1 Å². The number of aliphatic hydroxyl groups is 1. The van der Waals surface area contributed by atoms with Gasteiger partial charge in [-0.15, -0.1) is 0 Å². The number of nitrogens with one attached hydrogen (secondary N) is 1. The van der Waals surface area contributed by atoms with Gasteiger partial charge in [0.25, 0.3) is 11.8 Å². The van der Waals surface area contributed by atoms with Crippen molar-refractivity contribution in [2.24, 2.45) is 5.92 Å². The number of anilines is 3. The van der Waals surface area contributed by atoms with Crippen molar-refractivity contribution in [3.05, 3.63) is 150 Å². The first-order valence-electron chi connectivity index (χ1n) is 22.6. The molecule has 64 heavy (non-hydrogen) atoms. The number of ether oxygens (including phenoxy) is 2. The van der Waals surface area contributed by atoms with E-state index in [1.165, 1.54) is 5.19 Å². The maximum Gasteiger partial charge on any atom is 0.264 e. The number of piperidine rings is 1. The molecular weight excluding hydrogens is 819 g/mol. The standard InChI is InChI=1S/C52H59N5O6Si/c1-37-48(64(3,4)43-24-22-42(62-2)23-25-43)46(33-47(59)54(30-31-58)34-38-14-7-5-8-15-38)63-52(37)44-20-11-12-21-45(44)55(50(52)61)35-39-16-13-19-41(32-39)56-36-57(40-17-9-6-10-18-40)51(49(56)60)26-28-53-29-27-51/h5-25,32,37,46,48,53,58H,26-31,33-36H2,1-4H3/t37-,46+,48-,52+/m0/s1. The van der Waals surface area contributed by atoms with Crippen LogP contribution in [0.3, 0.4) is 0 Å². The maximum atomic E-state index is 15.6. The van der Waals surface area contributed by atoms with E-state index < -0.39 is 25.3 Å². The summed E-state index contributed by atoms with van der Waals surface area (Å²) in [6, 6.07) is 44.2. The van der Waals surface area contributed by atoms with Crippen LogP contribution in [-0.4, -0.2) is 87.5 Å². The van der Waals surface area contributed by atoms with Crippen LogP contribution in [-0.2, 0) is 37.8 Å². The summed E-state index contributed by atoms with van der Waals surface area (Å²) in [6.45, 7) is 9.38. The Bertz CT molecular complexity index is 2480. The zero-order chi connectivity index (χ0) is 44.6. The van der Waals surface area contributed by atoms with Crippen LogP contribution >= 0.6 is 0 Å². The number of carbonyl (C=O) groups is 3. The molecule has 12 heteroatoms. The van der Waals surface area contributed by atoms with Crippen molar-refractivity contribution in [3.8, 4) is 5.75 Å². The van der Waals surface area contributed by atoms with E-state index in [0.29, 0.717) is 26.1 Å². The molecule has 332 valence electrons. The van der Waals surface area contributed by atoms with E-state index in [-0.39, 0.29) is 55.3 Å². The smallest absolute Gasteiger partial charge is 0.264 e. The summed E-state index contributed by atoms with van der Waals surface area (Å²) < 4.78 is 12.9. The van der Waals surface area contributed by atoms with Crippen LogP contribution in [0.2, 0.25) is 18.6 Å². The average Bonchev–Trinajstić information content (AvgIpc) is 3.87. The molecule has 5 aromatic rings. The Hall–Kier alpha value is -5.79. The van der Waals surface area contributed by atoms with Gasteiger partial charge < -0.3 is 34.6 Å². The van der Waals surface area contributed by atoms with Crippen LogP contribution in [0.4, 0.5) is 17.1 Å². The highest BCUT2D eigenvalue weighted by atomic mass is 28.3. The number of amides is 3. The monoisotopic (exact) mass is 877 g/mol. The molecule has 2 N–H and O–H groups in total. The molecule has 3 amide bonds. The van der Waals surface area contributed by atoms with Crippen LogP contribution in [0.25, 0.3) is 0 Å². The number of rotatable bonds is 13. The molecule has 4 heterocycles. The molecule has 3 saturated heterocycles. The van der Waals surface area contributed by atoms with E-state index in [0.717, 1.165) is 52.6 Å². The van der Waals surface area contributed by atoms with Crippen LogP contribution in [0.5, 0.6) is 5.75 Å². The van der Waals surface area contributed by atoms with Crippen LogP contribution in [0.15, 0.2) is 133 Å². The maximum absolute atomic E-state index is 15.6. The van der Waals surface area contributed by atoms with Crippen molar-refractivity contribution in [2.75, 3.05) is 54.7 Å². The summed E-state index contributed by atoms with van der Waals surface area (Å²) in [7, 11) is -0.879. The largest absolute Gasteiger partial charge is 0.497 e. The summed E-state index contributed by atoms with van der Waals surface area (Å²) in [6.07, 6.45) is 0.914. The van der Waals surface area contributed by atoms with Crippen LogP contribution in [0, 0.1) is 5.92 Å². The number of hydrogen-bond acceptors (Lipinski definition) is 8. The highest BCUT2D eigenvalue weighted by Crippen LogP contribution is 2.60. The van der Waals surface area contributed by atoms with Crippen molar-refractivity contribution < 1.29 is 29.0 Å². The predicted molar refractivity (Wildman–Crippen MR) is 253 cm³/mol. The van der Waals surface area contributed by atoms with Gasteiger partial charge in [-0.1, -0.05) is 116 Å². The molecule has 5 aromatic carbocycles. The lowest BCUT2D eigenvalue weighted by Gasteiger charge is -2.39. The van der Waals surface area contributed by atoms with Crippen molar-refractivity contribution in [1.82, 2.24) is 10.2 Å². The minimum absolute atomic E-state index is 0.0646. The van der Waals surface area contributed by atoms with Gasteiger partial charge in [-0.3, -0.25) is 19.3 Å². The molecule has 4 aliphatic heterocycles. The third kappa shape index (κ3) is 7.49. The van der Waals surface area contributed by atoms with Gasteiger partial charge in [0.05, 0.1) is 53.2 Å². The lowest BCUT2D eigenvalue weighted by Crippen LogP contribution is -2.55. The van der Waals surface area contributed by atoms with Gasteiger partial charge in [0, 0.05) is 35.9 Å². The Balaban J connectivity index is 1.05. The van der Waals surface area contributed by atoms with E-state index in [1.807, 2.05) is 119 Å². The third-order valence-electron chi connectivity index (χ3n) is 14.6. The third-order valence-corrected chi connectivity index (χ3v) is 18.9. The fourth-order valence-electron chi connectivity index (χ4n) is 11.3. The minimum atomic E-state index is -2.54. The fraction of sp³-hybridized carbons (Fsp3) is 0.365. The summed E-state index contributed by atoms with van der Waals surface area (Å²) >= 11 is 0. The second-order valence-corrected chi connectivity index (χ2v) is 23.1. The number of nitrogens with zero attached hydrogens (tertiary/aromatic N) is 4. The Labute approximate surface area is 377 Å². The lowest BCUT2D eigenvalue weighted by atomic mass is 9.82. The number of hydrogen-bond donors (Lipinski definition) is 2. The van der Waals surface area contributed by atoms with Crippen molar-refractivity contribution in [2.45, 2.75) is 75.2 Å². The highest BCUT2D eigenvalue weighted by molar-refractivity contribution is 6.91. The number of carbonyl (C=O) groups excluding carboxylic acids is 3. The Morgan fingerprint density at radius 3 is 2.20 bits per heavy atom. The van der Waals surface area contributed by atoms with Crippen molar-refractivity contribution >= 4 is 48.0 Å². The quantitative estimate of drug-likeness (QED) is 0.124. The van der Waals surface area contributed by atoms with Gasteiger partial charge in [-0.2, -0.15) is 0 Å². The molecule has 4 atom stereocenters. The molecule has 4 aliphatic rings. The SMILES string of the molecule is COc1ccc([Si](C)(C)[C@@H]2[C@@H](CC(=O)N(CCO)Cc3ccccc3)O[C@]3(C(=O)N(Cc4cccc(N5CN(c6ccccc6)C6(CCNCC6)C5=O)c4)c4ccccc43)[C@H]2C)cc1. The summed E-state index contributed by atoms with van der Waals surface area (Å²) in [5.74, 6) is 0.288.